The van der Waals surface area contributed by atoms with Crippen LogP contribution in [0.2, 0.25) is 0 Å². The molecule has 1 aliphatic heterocycles. The molecule has 0 saturated carbocycles. The molecule has 100 valence electrons. The van der Waals surface area contributed by atoms with Gasteiger partial charge in [0.1, 0.15) is 0 Å². The molecule has 2 atom stereocenters. The van der Waals surface area contributed by atoms with Crippen molar-refractivity contribution in [2.45, 2.75) is 44.9 Å². The summed E-state index contributed by atoms with van der Waals surface area (Å²) < 4.78 is 5.33. The lowest BCUT2D eigenvalue weighted by Gasteiger charge is -2.30. The van der Waals surface area contributed by atoms with Gasteiger partial charge in [-0.15, -0.1) is 0 Å². The van der Waals surface area contributed by atoms with Crippen molar-refractivity contribution in [1.29, 1.82) is 0 Å². The van der Waals surface area contributed by atoms with Crippen LogP contribution in [0.3, 0.4) is 0 Å². The van der Waals surface area contributed by atoms with Gasteiger partial charge in [-0.25, -0.2) is 0 Å². The molecular weight excluding hydrogens is 220 g/mol. The summed E-state index contributed by atoms with van der Waals surface area (Å²) in [5.41, 5.74) is 0. The van der Waals surface area contributed by atoms with Crippen molar-refractivity contribution in [3.8, 4) is 0 Å². The van der Waals surface area contributed by atoms with E-state index in [-0.39, 0.29) is 18.1 Å². The van der Waals surface area contributed by atoms with E-state index < -0.39 is 6.10 Å². The number of aliphatic hydroxyl groups excluding tert-OH is 1. The number of aliphatic hydroxyl groups is 1. The van der Waals surface area contributed by atoms with Crippen LogP contribution in [-0.4, -0.2) is 60.9 Å². The van der Waals surface area contributed by atoms with Crippen molar-refractivity contribution >= 4 is 5.91 Å². The van der Waals surface area contributed by atoms with Gasteiger partial charge in [0.15, 0.2) is 0 Å². The predicted octanol–water partition coefficient (Wildman–Crippen LogP) is -0.0173. The molecule has 0 aromatic heterocycles. The fourth-order valence-corrected chi connectivity index (χ4v) is 1.84. The van der Waals surface area contributed by atoms with E-state index >= 15 is 0 Å². The number of carbonyl (C=O) groups excluding carboxylic acids is 1. The molecule has 2 N–H and O–H groups in total. The molecule has 0 aromatic carbocycles. The number of piperidine rings is 1. The summed E-state index contributed by atoms with van der Waals surface area (Å²) in [5.74, 6) is 0.201. The lowest BCUT2D eigenvalue weighted by atomic mass is 10.1. The van der Waals surface area contributed by atoms with Gasteiger partial charge >= 0.3 is 0 Å². The van der Waals surface area contributed by atoms with Crippen LogP contribution < -0.4 is 5.32 Å². The fourth-order valence-electron chi connectivity index (χ4n) is 1.84. The Morgan fingerprint density at radius 3 is 2.88 bits per heavy atom. The number of hydrogen-bond acceptors (Lipinski definition) is 4. The minimum Gasteiger partial charge on any atom is -0.389 e. The maximum Gasteiger partial charge on any atom is 0.222 e. The smallest absolute Gasteiger partial charge is 0.222 e. The first-order valence-corrected chi connectivity index (χ1v) is 6.26. The van der Waals surface area contributed by atoms with Gasteiger partial charge in [0.2, 0.25) is 5.91 Å². The molecule has 5 heteroatoms. The summed E-state index contributed by atoms with van der Waals surface area (Å²) in [6.45, 7) is 5.48. The minimum absolute atomic E-state index is 0.142. The first kappa shape index (κ1) is 14.4. The number of likely N-dealkylation sites (tertiary alicyclic amines) is 1. The molecule has 5 nitrogen and oxygen atoms in total. The zero-order chi connectivity index (χ0) is 12.8. The highest BCUT2D eigenvalue weighted by Crippen LogP contribution is 2.09. The van der Waals surface area contributed by atoms with E-state index in [4.69, 9.17) is 4.74 Å². The Hall–Kier alpha value is -0.650. The summed E-state index contributed by atoms with van der Waals surface area (Å²) in [5, 5.41) is 13.0. The van der Waals surface area contributed by atoms with Gasteiger partial charge < -0.3 is 20.1 Å². The van der Waals surface area contributed by atoms with Crippen molar-refractivity contribution in [1.82, 2.24) is 10.2 Å². The number of rotatable bonds is 6. The number of likely N-dealkylation sites (N-methyl/N-ethyl adjacent to an activating group) is 1. The van der Waals surface area contributed by atoms with Gasteiger partial charge in [-0.1, -0.05) is 0 Å². The first-order chi connectivity index (χ1) is 7.99. The molecule has 1 saturated heterocycles. The zero-order valence-corrected chi connectivity index (χ0v) is 11.0. The Kier molecular flexibility index (Phi) is 5.88. The average molecular weight is 244 g/mol. The van der Waals surface area contributed by atoms with Crippen LogP contribution in [0.25, 0.3) is 0 Å². The summed E-state index contributed by atoms with van der Waals surface area (Å²) in [7, 11) is 1.81. The predicted molar refractivity (Wildman–Crippen MR) is 65.8 cm³/mol. The number of hydrogen-bond donors (Lipinski definition) is 2. The average Bonchev–Trinajstić information content (AvgIpc) is 2.28. The quantitative estimate of drug-likeness (QED) is 0.689. The standard InChI is InChI=1S/C12H24N2O3/c1-9(2)17-8-11(15)6-13-10-4-5-12(16)14(3)7-10/h9-11,13,15H,4-8H2,1-3H3. The number of nitrogens with zero attached hydrogens (tertiary/aromatic N) is 1. The lowest BCUT2D eigenvalue weighted by molar-refractivity contribution is -0.132. The summed E-state index contributed by atoms with van der Waals surface area (Å²) >= 11 is 0. The molecule has 1 heterocycles. The van der Waals surface area contributed by atoms with E-state index in [9.17, 15) is 9.90 Å². The summed E-state index contributed by atoms with van der Waals surface area (Å²) in [6.07, 6.45) is 1.09. The highest BCUT2D eigenvalue weighted by Gasteiger charge is 2.22. The maximum atomic E-state index is 11.3. The Morgan fingerprint density at radius 1 is 1.59 bits per heavy atom. The van der Waals surface area contributed by atoms with Gasteiger partial charge in [-0.3, -0.25) is 4.79 Å². The lowest BCUT2D eigenvalue weighted by Crippen LogP contribution is -2.48. The third-order valence-electron chi connectivity index (χ3n) is 2.89. The largest absolute Gasteiger partial charge is 0.389 e. The number of nitrogens with one attached hydrogen (secondary N) is 1. The molecule has 0 aliphatic carbocycles. The third-order valence-corrected chi connectivity index (χ3v) is 2.89. The van der Waals surface area contributed by atoms with Crippen LogP contribution in [0.1, 0.15) is 26.7 Å². The topological polar surface area (TPSA) is 61.8 Å². The number of amides is 1. The molecule has 1 amide bonds. The van der Waals surface area contributed by atoms with E-state index in [1.54, 1.807) is 4.90 Å². The highest BCUT2D eigenvalue weighted by molar-refractivity contribution is 5.76. The maximum absolute atomic E-state index is 11.3. The SMILES string of the molecule is CC(C)OCC(O)CNC1CCC(=O)N(C)C1. The Morgan fingerprint density at radius 2 is 2.29 bits per heavy atom. The van der Waals surface area contributed by atoms with Crippen LogP contribution in [0.4, 0.5) is 0 Å². The van der Waals surface area contributed by atoms with Crippen molar-refractivity contribution in [3.05, 3.63) is 0 Å². The second-order valence-electron chi connectivity index (χ2n) is 4.95. The second kappa shape index (κ2) is 6.93. The molecule has 1 rings (SSSR count). The van der Waals surface area contributed by atoms with Crippen LogP contribution in [0.15, 0.2) is 0 Å². The van der Waals surface area contributed by atoms with Gasteiger partial charge in [0.25, 0.3) is 0 Å². The Labute approximate surface area is 103 Å². The number of carbonyl (C=O) groups is 1. The third kappa shape index (κ3) is 5.48. The van der Waals surface area contributed by atoms with Crippen LogP contribution in [-0.2, 0) is 9.53 Å². The highest BCUT2D eigenvalue weighted by atomic mass is 16.5. The molecular formula is C12H24N2O3. The molecule has 17 heavy (non-hydrogen) atoms. The van der Waals surface area contributed by atoms with Crippen molar-refractivity contribution in [2.75, 3.05) is 26.7 Å². The van der Waals surface area contributed by atoms with Crippen molar-refractivity contribution < 1.29 is 14.6 Å². The van der Waals surface area contributed by atoms with Crippen molar-refractivity contribution in [3.63, 3.8) is 0 Å². The van der Waals surface area contributed by atoms with E-state index in [0.717, 1.165) is 13.0 Å². The van der Waals surface area contributed by atoms with Gasteiger partial charge in [0.05, 0.1) is 18.8 Å². The monoisotopic (exact) mass is 244 g/mol. The van der Waals surface area contributed by atoms with Gasteiger partial charge in [0, 0.05) is 32.6 Å². The molecule has 1 aliphatic rings. The van der Waals surface area contributed by atoms with Gasteiger partial charge in [-0.2, -0.15) is 0 Å². The van der Waals surface area contributed by atoms with E-state index in [0.29, 0.717) is 19.6 Å². The Bertz CT molecular complexity index is 246. The molecule has 2 unspecified atom stereocenters. The zero-order valence-electron chi connectivity index (χ0n) is 11.0. The first-order valence-electron chi connectivity index (χ1n) is 6.26. The second-order valence-corrected chi connectivity index (χ2v) is 4.95. The number of ether oxygens (including phenoxy) is 1. The van der Waals surface area contributed by atoms with Crippen LogP contribution in [0.5, 0.6) is 0 Å². The van der Waals surface area contributed by atoms with Gasteiger partial charge in [-0.05, 0) is 20.3 Å². The molecule has 0 aromatic rings. The molecule has 0 spiro atoms. The summed E-state index contributed by atoms with van der Waals surface area (Å²) in [6, 6.07) is 0.284. The van der Waals surface area contributed by atoms with E-state index in [1.165, 1.54) is 0 Å². The van der Waals surface area contributed by atoms with E-state index in [1.807, 2.05) is 20.9 Å². The molecule has 0 radical (unpaired) electrons. The minimum atomic E-state index is -0.486. The van der Waals surface area contributed by atoms with Crippen molar-refractivity contribution in [2.24, 2.45) is 0 Å². The fraction of sp³-hybridized carbons (Fsp3) is 0.917. The Balaban J connectivity index is 2.15. The van der Waals surface area contributed by atoms with Crippen LogP contribution in [0, 0.1) is 0 Å². The molecule has 0 bridgehead atoms. The molecule has 1 fully saturated rings. The van der Waals surface area contributed by atoms with Crippen LogP contribution >= 0.6 is 0 Å². The van der Waals surface area contributed by atoms with E-state index in [2.05, 4.69) is 5.32 Å². The summed E-state index contributed by atoms with van der Waals surface area (Å²) in [4.78, 5) is 13.0. The normalized spacial score (nSPS) is 23.2.